The molecule has 1 heterocycles. The number of nitrogens with two attached hydrogens (primary N) is 1. The van der Waals surface area contributed by atoms with Gasteiger partial charge in [-0.05, 0) is 24.3 Å². The van der Waals surface area contributed by atoms with Crippen LogP contribution in [0.1, 0.15) is 0 Å². The van der Waals surface area contributed by atoms with Gasteiger partial charge in [0.25, 0.3) is 10.0 Å². The van der Waals surface area contributed by atoms with Crippen molar-refractivity contribution < 1.29 is 17.9 Å². The standard InChI is InChI=1S/C13H12N2O4S/c14-10-3-1-2-4-13(10)20(16,17)15-9-5-6-11-12(7-9)19-8-18-11/h1-7,15H,8,14H2. The van der Waals surface area contributed by atoms with E-state index in [1.165, 1.54) is 12.1 Å². The third kappa shape index (κ3) is 2.23. The highest BCUT2D eigenvalue weighted by atomic mass is 32.2. The van der Waals surface area contributed by atoms with Gasteiger partial charge in [0.1, 0.15) is 4.90 Å². The molecule has 3 N–H and O–H groups in total. The number of fused-ring (bicyclic) bond motifs is 1. The maximum Gasteiger partial charge on any atom is 0.263 e. The second-order valence-electron chi connectivity index (χ2n) is 4.21. The smallest absolute Gasteiger partial charge is 0.263 e. The van der Waals surface area contributed by atoms with Gasteiger partial charge in [0, 0.05) is 6.07 Å². The third-order valence-electron chi connectivity index (χ3n) is 2.83. The summed E-state index contributed by atoms with van der Waals surface area (Å²) in [6, 6.07) is 11.1. The van der Waals surface area contributed by atoms with Crippen LogP contribution in [-0.4, -0.2) is 15.2 Å². The molecule has 0 atom stereocenters. The van der Waals surface area contributed by atoms with E-state index in [0.717, 1.165) is 0 Å². The van der Waals surface area contributed by atoms with Crippen LogP contribution in [0.5, 0.6) is 11.5 Å². The van der Waals surface area contributed by atoms with Crippen LogP contribution in [-0.2, 0) is 10.0 Å². The molecule has 104 valence electrons. The minimum Gasteiger partial charge on any atom is -0.454 e. The molecule has 0 aliphatic carbocycles. The average Bonchev–Trinajstić information content (AvgIpc) is 2.86. The number of ether oxygens (including phenoxy) is 2. The van der Waals surface area contributed by atoms with E-state index in [4.69, 9.17) is 15.2 Å². The van der Waals surface area contributed by atoms with Gasteiger partial charge in [-0.25, -0.2) is 8.42 Å². The molecule has 0 saturated carbocycles. The summed E-state index contributed by atoms with van der Waals surface area (Å²) in [7, 11) is -3.73. The van der Waals surface area contributed by atoms with Gasteiger partial charge in [-0.1, -0.05) is 12.1 Å². The Balaban J connectivity index is 1.93. The number of sulfonamides is 1. The van der Waals surface area contributed by atoms with Crippen molar-refractivity contribution in [2.75, 3.05) is 17.2 Å². The number of hydrogen-bond donors (Lipinski definition) is 2. The van der Waals surface area contributed by atoms with Gasteiger partial charge in [-0.2, -0.15) is 0 Å². The molecule has 0 aromatic heterocycles. The topological polar surface area (TPSA) is 90.7 Å². The molecule has 0 spiro atoms. The summed E-state index contributed by atoms with van der Waals surface area (Å²) < 4.78 is 37.3. The maximum atomic E-state index is 12.3. The second-order valence-corrected chi connectivity index (χ2v) is 5.86. The van der Waals surface area contributed by atoms with Crippen molar-refractivity contribution in [3.8, 4) is 11.5 Å². The Hall–Kier alpha value is -2.41. The summed E-state index contributed by atoms with van der Waals surface area (Å²) in [5, 5.41) is 0. The summed E-state index contributed by atoms with van der Waals surface area (Å²) in [5.74, 6) is 1.10. The van der Waals surface area contributed by atoms with Crippen LogP contribution < -0.4 is 19.9 Å². The first-order valence-electron chi connectivity index (χ1n) is 5.83. The van der Waals surface area contributed by atoms with Crippen molar-refractivity contribution in [3.63, 3.8) is 0 Å². The zero-order chi connectivity index (χ0) is 14.2. The molecule has 3 rings (SSSR count). The van der Waals surface area contributed by atoms with Crippen LogP contribution >= 0.6 is 0 Å². The normalized spacial score (nSPS) is 13.2. The fraction of sp³-hybridized carbons (Fsp3) is 0.0769. The number of hydrogen-bond acceptors (Lipinski definition) is 5. The zero-order valence-corrected chi connectivity index (χ0v) is 11.2. The number of rotatable bonds is 3. The quantitative estimate of drug-likeness (QED) is 0.842. The summed E-state index contributed by atoms with van der Waals surface area (Å²) in [5.41, 5.74) is 6.27. The van der Waals surface area contributed by atoms with Crippen LogP contribution in [0.4, 0.5) is 11.4 Å². The van der Waals surface area contributed by atoms with E-state index in [0.29, 0.717) is 17.2 Å². The molecule has 2 aromatic carbocycles. The first-order chi connectivity index (χ1) is 9.56. The fourth-order valence-electron chi connectivity index (χ4n) is 1.90. The van der Waals surface area contributed by atoms with Crippen molar-refractivity contribution in [1.82, 2.24) is 0 Å². The number of nitrogens with one attached hydrogen (secondary N) is 1. The molecule has 20 heavy (non-hydrogen) atoms. The van der Waals surface area contributed by atoms with E-state index < -0.39 is 10.0 Å². The SMILES string of the molecule is Nc1ccccc1S(=O)(=O)Nc1ccc2c(c1)OCO2. The van der Waals surface area contributed by atoms with E-state index in [2.05, 4.69) is 4.72 Å². The first-order valence-corrected chi connectivity index (χ1v) is 7.31. The Morgan fingerprint density at radius 1 is 1.05 bits per heavy atom. The van der Waals surface area contributed by atoms with Gasteiger partial charge in [0.15, 0.2) is 11.5 Å². The molecule has 0 radical (unpaired) electrons. The highest BCUT2D eigenvalue weighted by Crippen LogP contribution is 2.35. The lowest BCUT2D eigenvalue weighted by atomic mass is 10.3. The monoisotopic (exact) mass is 292 g/mol. The van der Waals surface area contributed by atoms with Crippen molar-refractivity contribution in [2.45, 2.75) is 4.90 Å². The molecule has 0 bridgehead atoms. The molecule has 0 fully saturated rings. The van der Waals surface area contributed by atoms with Crippen molar-refractivity contribution >= 4 is 21.4 Å². The van der Waals surface area contributed by atoms with Crippen LogP contribution in [0.3, 0.4) is 0 Å². The van der Waals surface area contributed by atoms with Crippen molar-refractivity contribution in [3.05, 3.63) is 42.5 Å². The predicted octanol–water partition coefficient (Wildman–Crippen LogP) is 1.80. The molecule has 1 aliphatic heterocycles. The summed E-state index contributed by atoms with van der Waals surface area (Å²) in [4.78, 5) is 0.0395. The largest absolute Gasteiger partial charge is 0.454 e. The van der Waals surface area contributed by atoms with Crippen molar-refractivity contribution in [1.29, 1.82) is 0 Å². The van der Waals surface area contributed by atoms with Crippen LogP contribution in [0, 0.1) is 0 Å². The Bertz CT molecular complexity index is 759. The van der Waals surface area contributed by atoms with E-state index in [1.807, 2.05) is 0 Å². The lowest BCUT2D eigenvalue weighted by Gasteiger charge is -2.10. The highest BCUT2D eigenvalue weighted by Gasteiger charge is 2.19. The zero-order valence-electron chi connectivity index (χ0n) is 10.4. The summed E-state index contributed by atoms with van der Waals surface area (Å²) >= 11 is 0. The lowest BCUT2D eigenvalue weighted by Crippen LogP contribution is -2.14. The Kier molecular flexibility index (Phi) is 2.90. The summed E-state index contributed by atoms with van der Waals surface area (Å²) in [6.07, 6.45) is 0. The molecule has 1 aliphatic rings. The molecular weight excluding hydrogens is 280 g/mol. The molecule has 2 aromatic rings. The van der Waals surface area contributed by atoms with Crippen LogP contribution in [0.25, 0.3) is 0 Å². The molecule has 0 unspecified atom stereocenters. The molecule has 6 nitrogen and oxygen atoms in total. The molecule has 0 saturated heterocycles. The number of anilines is 2. The van der Waals surface area contributed by atoms with Gasteiger partial charge in [0.2, 0.25) is 6.79 Å². The van der Waals surface area contributed by atoms with Gasteiger partial charge >= 0.3 is 0 Å². The van der Waals surface area contributed by atoms with Crippen LogP contribution in [0.2, 0.25) is 0 Å². The molecule has 7 heteroatoms. The first kappa shape index (κ1) is 12.6. The van der Waals surface area contributed by atoms with Gasteiger partial charge in [0.05, 0.1) is 11.4 Å². The maximum absolute atomic E-state index is 12.3. The second kappa shape index (κ2) is 4.61. The number of benzene rings is 2. The lowest BCUT2D eigenvalue weighted by molar-refractivity contribution is 0.174. The Morgan fingerprint density at radius 2 is 1.80 bits per heavy atom. The minimum atomic E-state index is -3.73. The van der Waals surface area contributed by atoms with Crippen molar-refractivity contribution in [2.24, 2.45) is 0 Å². The minimum absolute atomic E-state index is 0.0395. The van der Waals surface area contributed by atoms with E-state index in [1.54, 1.807) is 30.3 Å². The Morgan fingerprint density at radius 3 is 2.60 bits per heavy atom. The summed E-state index contributed by atoms with van der Waals surface area (Å²) in [6.45, 7) is 0.136. The van der Waals surface area contributed by atoms with Gasteiger partial charge < -0.3 is 15.2 Å². The highest BCUT2D eigenvalue weighted by molar-refractivity contribution is 7.92. The van der Waals surface area contributed by atoms with E-state index in [-0.39, 0.29) is 17.4 Å². The molecule has 0 amide bonds. The van der Waals surface area contributed by atoms with Gasteiger partial charge in [-0.15, -0.1) is 0 Å². The van der Waals surface area contributed by atoms with Gasteiger partial charge in [-0.3, -0.25) is 4.72 Å². The van der Waals surface area contributed by atoms with E-state index >= 15 is 0 Å². The third-order valence-corrected chi connectivity index (χ3v) is 4.29. The average molecular weight is 292 g/mol. The fourth-order valence-corrected chi connectivity index (χ4v) is 3.08. The number of para-hydroxylation sites is 1. The predicted molar refractivity (Wildman–Crippen MR) is 74.2 cm³/mol. The number of nitrogen functional groups attached to an aromatic ring is 1. The Labute approximate surface area is 116 Å². The van der Waals surface area contributed by atoms with E-state index in [9.17, 15) is 8.42 Å². The van der Waals surface area contributed by atoms with Crippen LogP contribution in [0.15, 0.2) is 47.4 Å². The molecular formula is C13H12N2O4S.